The van der Waals surface area contributed by atoms with Gasteiger partial charge in [-0.15, -0.1) is 0 Å². The number of pyridine rings is 2. The third-order valence-corrected chi connectivity index (χ3v) is 6.36. The van der Waals surface area contributed by atoms with Crippen molar-refractivity contribution < 1.29 is 4.42 Å². The van der Waals surface area contributed by atoms with Crippen LogP contribution in [0.3, 0.4) is 0 Å². The van der Waals surface area contributed by atoms with E-state index in [9.17, 15) is 0 Å². The molecular formula is C25H26N2O. The van der Waals surface area contributed by atoms with E-state index in [1.54, 1.807) is 0 Å². The summed E-state index contributed by atoms with van der Waals surface area (Å²) in [5.74, 6) is 2.00. The van der Waals surface area contributed by atoms with E-state index in [1.165, 1.54) is 31.2 Å². The Morgan fingerprint density at radius 2 is 1.82 bits per heavy atom. The van der Waals surface area contributed by atoms with E-state index in [0.717, 1.165) is 39.1 Å². The molecule has 5 rings (SSSR count). The predicted octanol–water partition coefficient (Wildman–Crippen LogP) is 6.97. The van der Waals surface area contributed by atoms with Crippen LogP contribution < -0.4 is 0 Å². The first-order valence-corrected chi connectivity index (χ1v) is 10.4. The lowest BCUT2D eigenvalue weighted by molar-refractivity contribution is 0.347. The van der Waals surface area contributed by atoms with Crippen LogP contribution in [0.2, 0.25) is 0 Å². The molecule has 3 nitrogen and oxygen atoms in total. The molecule has 1 aliphatic rings. The van der Waals surface area contributed by atoms with Crippen molar-refractivity contribution >= 4 is 21.9 Å². The van der Waals surface area contributed by atoms with Crippen molar-refractivity contribution in [2.75, 3.05) is 0 Å². The van der Waals surface area contributed by atoms with Crippen LogP contribution in [0, 0.1) is 11.8 Å². The van der Waals surface area contributed by atoms with Crippen molar-refractivity contribution in [2.45, 2.75) is 45.4 Å². The van der Waals surface area contributed by atoms with Gasteiger partial charge in [0.2, 0.25) is 0 Å². The third kappa shape index (κ3) is 2.90. The van der Waals surface area contributed by atoms with Crippen molar-refractivity contribution in [1.82, 2.24) is 9.97 Å². The van der Waals surface area contributed by atoms with Crippen LogP contribution >= 0.6 is 0 Å². The number of hydrogen-bond acceptors (Lipinski definition) is 3. The Morgan fingerprint density at radius 1 is 1.00 bits per heavy atom. The topological polar surface area (TPSA) is 38.9 Å². The molecule has 3 heteroatoms. The molecule has 1 atom stereocenters. The number of rotatable bonds is 4. The standard InChI is InChI=1S/C25H26N2O/c1-16(2)24(17-7-3-4-8-17)18-11-12-27-22(13-18)21-15-26-14-20-19-9-5-6-10-23(19)28-25(20)21/h5-6,9-17,24H,3-4,7-8H2,1-2H3. The molecular weight excluding hydrogens is 344 g/mol. The summed E-state index contributed by atoms with van der Waals surface area (Å²) in [6.07, 6.45) is 11.2. The molecule has 0 bridgehead atoms. The second-order valence-corrected chi connectivity index (χ2v) is 8.45. The van der Waals surface area contributed by atoms with E-state index in [2.05, 4.69) is 37.0 Å². The van der Waals surface area contributed by atoms with Crippen molar-refractivity contribution in [3.05, 3.63) is 60.6 Å². The maximum Gasteiger partial charge on any atom is 0.147 e. The number of para-hydroxylation sites is 1. The molecule has 1 saturated carbocycles. The zero-order valence-corrected chi connectivity index (χ0v) is 16.6. The molecule has 142 valence electrons. The number of furan rings is 1. The molecule has 0 spiro atoms. The Labute approximate surface area is 165 Å². The molecule has 3 heterocycles. The molecule has 4 aromatic rings. The molecule has 0 N–H and O–H groups in total. The van der Waals surface area contributed by atoms with Gasteiger partial charge in [-0.05, 0) is 54.4 Å². The number of hydrogen-bond donors (Lipinski definition) is 0. The first-order chi connectivity index (χ1) is 13.7. The van der Waals surface area contributed by atoms with Gasteiger partial charge in [-0.2, -0.15) is 0 Å². The Morgan fingerprint density at radius 3 is 2.64 bits per heavy atom. The lowest BCUT2D eigenvalue weighted by Crippen LogP contribution is -2.16. The summed E-state index contributed by atoms with van der Waals surface area (Å²) in [5.41, 5.74) is 5.11. The smallest absolute Gasteiger partial charge is 0.147 e. The molecule has 1 aromatic carbocycles. The highest BCUT2D eigenvalue weighted by Gasteiger charge is 2.29. The third-order valence-electron chi connectivity index (χ3n) is 6.36. The molecule has 0 saturated heterocycles. The van der Waals surface area contributed by atoms with Crippen molar-refractivity contribution in [3.63, 3.8) is 0 Å². The Balaban J connectivity index is 1.63. The minimum atomic E-state index is 0.590. The van der Waals surface area contributed by atoms with Crippen LogP contribution in [0.15, 0.2) is 59.4 Å². The van der Waals surface area contributed by atoms with Crippen molar-refractivity contribution in [2.24, 2.45) is 11.8 Å². The number of nitrogens with zero attached hydrogens (tertiary/aromatic N) is 2. The van der Waals surface area contributed by atoms with Crippen LogP contribution in [-0.2, 0) is 0 Å². The molecule has 1 fully saturated rings. The fraction of sp³-hybridized carbons (Fsp3) is 0.360. The molecule has 0 aliphatic heterocycles. The highest BCUT2D eigenvalue weighted by atomic mass is 16.3. The Kier molecular flexibility index (Phi) is 4.38. The number of aromatic nitrogens is 2. The van der Waals surface area contributed by atoms with Gasteiger partial charge >= 0.3 is 0 Å². The van der Waals surface area contributed by atoms with E-state index >= 15 is 0 Å². The van der Waals surface area contributed by atoms with Gasteiger partial charge in [0.25, 0.3) is 0 Å². The predicted molar refractivity (Wildman–Crippen MR) is 114 cm³/mol. The van der Waals surface area contributed by atoms with E-state index in [0.29, 0.717) is 11.8 Å². The summed E-state index contributed by atoms with van der Waals surface area (Å²) < 4.78 is 6.21. The lowest BCUT2D eigenvalue weighted by atomic mass is 9.77. The molecule has 0 radical (unpaired) electrons. The van der Waals surface area contributed by atoms with Gasteiger partial charge in [0, 0.05) is 29.4 Å². The van der Waals surface area contributed by atoms with E-state index in [1.807, 2.05) is 36.8 Å². The largest absolute Gasteiger partial charge is 0.455 e. The summed E-state index contributed by atoms with van der Waals surface area (Å²) in [6.45, 7) is 4.70. The SMILES string of the molecule is CC(C)C(c1ccnc(-c2cncc3c2oc2ccccc23)c1)C1CCCC1. The molecule has 28 heavy (non-hydrogen) atoms. The van der Waals surface area contributed by atoms with Crippen molar-refractivity contribution in [3.8, 4) is 11.3 Å². The van der Waals surface area contributed by atoms with E-state index in [4.69, 9.17) is 9.40 Å². The van der Waals surface area contributed by atoms with Gasteiger partial charge in [0.05, 0.1) is 11.3 Å². The number of fused-ring (bicyclic) bond motifs is 3. The van der Waals surface area contributed by atoms with E-state index < -0.39 is 0 Å². The lowest BCUT2D eigenvalue weighted by Gasteiger charge is -2.28. The summed E-state index contributed by atoms with van der Waals surface area (Å²) >= 11 is 0. The van der Waals surface area contributed by atoms with Crippen LogP contribution in [0.25, 0.3) is 33.2 Å². The maximum absolute atomic E-state index is 6.21. The minimum absolute atomic E-state index is 0.590. The average Bonchev–Trinajstić information content (AvgIpc) is 3.36. The van der Waals surface area contributed by atoms with Gasteiger partial charge in [-0.1, -0.05) is 44.9 Å². The zero-order valence-electron chi connectivity index (χ0n) is 16.6. The van der Waals surface area contributed by atoms with Crippen LogP contribution in [0.4, 0.5) is 0 Å². The normalized spacial score (nSPS) is 16.4. The van der Waals surface area contributed by atoms with Crippen LogP contribution in [0.5, 0.6) is 0 Å². The molecule has 1 aliphatic carbocycles. The summed E-state index contributed by atoms with van der Waals surface area (Å²) in [5, 5.41) is 2.16. The minimum Gasteiger partial charge on any atom is -0.455 e. The average molecular weight is 370 g/mol. The quantitative estimate of drug-likeness (QED) is 0.389. The summed E-state index contributed by atoms with van der Waals surface area (Å²) in [4.78, 5) is 9.20. The molecule has 3 aromatic heterocycles. The van der Waals surface area contributed by atoms with Gasteiger partial charge in [0.1, 0.15) is 11.2 Å². The van der Waals surface area contributed by atoms with Crippen LogP contribution in [0.1, 0.15) is 51.0 Å². The second-order valence-electron chi connectivity index (χ2n) is 8.45. The first-order valence-electron chi connectivity index (χ1n) is 10.4. The maximum atomic E-state index is 6.21. The highest BCUT2D eigenvalue weighted by Crippen LogP contribution is 2.42. The second kappa shape index (κ2) is 7.05. The highest BCUT2D eigenvalue weighted by molar-refractivity contribution is 6.08. The first kappa shape index (κ1) is 17.4. The van der Waals surface area contributed by atoms with Crippen molar-refractivity contribution in [1.29, 1.82) is 0 Å². The van der Waals surface area contributed by atoms with E-state index in [-0.39, 0.29) is 0 Å². The summed E-state index contributed by atoms with van der Waals surface area (Å²) in [6, 6.07) is 12.6. The van der Waals surface area contributed by atoms with Gasteiger partial charge in [-0.3, -0.25) is 9.97 Å². The number of benzene rings is 1. The fourth-order valence-corrected chi connectivity index (χ4v) is 5.14. The Bertz CT molecular complexity index is 1120. The summed E-state index contributed by atoms with van der Waals surface area (Å²) in [7, 11) is 0. The van der Waals surface area contributed by atoms with Gasteiger partial charge in [0.15, 0.2) is 0 Å². The fourth-order valence-electron chi connectivity index (χ4n) is 5.14. The molecule has 0 amide bonds. The monoisotopic (exact) mass is 370 g/mol. The Hall–Kier alpha value is -2.68. The van der Waals surface area contributed by atoms with Gasteiger partial charge < -0.3 is 4.42 Å². The zero-order chi connectivity index (χ0) is 19.1. The van der Waals surface area contributed by atoms with Gasteiger partial charge in [-0.25, -0.2) is 0 Å². The molecule has 1 unspecified atom stereocenters. The van der Waals surface area contributed by atoms with Crippen LogP contribution in [-0.4, -0.2) is 9.97 Å².